The molecule has 1 N–H and O–H groups in total. The standard InChI is InChI=1S/C15H16N4O2/c1-10-14(11(2)21-18-10)15(20)16-7-8-19-9-17-12-5-3-4-6-13(12)19/h3-6,9H,7-8H2,1-2H3,(H,16,20). The Morgan fingerprint density at radius 1 is 1.33 bits per heavy atom. The highest BCUT2D eigenvalue weighted by Gasteiger charge is 2.16. The van der Waals surface area contributed by atoms with Gasteiger partial charge < -0.3 is 14.4 Å². The zero-order valence-electron chi connectivity index (χ0n) is 12.0. The number of carbonyl (C=O) groups is 1. The van der Waals surface area contributed by atoms with E-state index < -0.39 is 0 Å². The molecule has 1 aromatic carbocycles. The first-order valence-corrected chi connectivity index (χ1v) is 6.78. The van der Waals surface area contributed by atoms with E-state index in [0.717, 1.165) is 11.0 Å². The van der Waals surface area contributed by atoms with Gasteiger partial charge in [-0.15, -0.1) is 0 Å². The Labute approximate surface area is 121 Å². The van der Waals surface area contributed by atoms with Gasteiger partial charge in [0.15, 0.2) is 0 Å². The van der Waals surface area contributed by atoms with Gasteiger partial charge in [-0.25, -0.2) is 4.98 Å². The fraction of sp³-hybridized carbons (Fsp3) is 0.267. The number of amides is 1. The Morgan fingerprint density at radius 3 is 2.90 bits per heavy atom. The Hall–Kier alpha value is -2.63. The summed E-state index contributed by atoms with van der Waals surface area (Å²) >= 11 is 0. The van der Waals surface area contributed by atoms with Crippen LogP contribution >= 0.6 is 0 Å². The first kappa shape index (κ1) is 13.4. The van der Waals surface area contributed by atoms with Crippen LogP contribution in [0, 0.1) is 13.8 Å². The number of para-hydroxylation sites is 2. The Balaban J connectivity index is 1.65. The predicted molar refractivity (Wildman–Crippen MR) is 78.0 cm³/mol. The highest BCUT2D eigenvalue weighted by molar-refractivity contribution is 5.96. The summed E-state index contributed by atoms with van der Waals surface area (Å²) in [6, 6.07) is 7.91. The molecule has 6 nitrogen and oxygen atoms in total. The van der Waals surface area contributed by atoms with Crippen LogP contribution in [0.1, 0.15) is 21.8 Å². The summed E-state index contributed by atoms with van der Waals surface area (Å²) in [6.07, 6.45) is 1.78. The average Bonchev–Trinajstić information content (AvgIpc) is 3.03. The predicted octanol–water partition coefficient (Wildman–Crippen LogP) is 2.07. The third-order valence-corrected chi connectivity index (χ3v) is 3.43. The molecule has 2 aromatic heterocycles. The molecule has 0 aliphatic rings. The molecule has 6 heteroatoms. The topological polar surface area (TPSA) is 73.0 Å². The van der Waals surface area contributed by atoms with Crippen molar-refractivity contribution in [3.05, 3.63) is 47.6 Å². The molecule has 0 saturated heterocycles. The number of rotatable bonds is 4. The van der Waals surface area contributed by atoms with Crippen LogP contribution in [-0.2, 0) is 6.54 Å². The normalized spacial score (nSPS) is 11.0. The zero-order valence-corrected chi connectivity index (χ0v) is 12.0. The molecule has 0 radical (unpaired) electrons. The van der Waals surface area contributed by atoms with Gasteiger partial charge in [0.25, 0.3) is 5.91 Å². The van der Waals surface area contributed by atoms with E-state index >= 15 is 0 Å². The van der Waals surface area contributed by atoms with Crippen molar-refractivity contribution in [3.8, 4) is 0 Å². The molecule has 108 valence electrons. The van der Waals surface area contributed by atoms with Crippen molar-refractivity contribution in [3.63, 3.8) is 0 Å². The van der Waals surface area contributed by atoms with Gasteiger partial charge in [-0.2, -0.15) is 0 Å². The molecule has 0 saturated carbocycles. The largest absolute Gasteiger partial charge is 0.361 e. The summed E-state index contributed by atoms with van der Waals surface area (Å²) in [7, 11) is 0. The zero-order chi connectivity index (χ0) is 14.8. The summed E-state index contributed by atoms with van der Waals surface area (Å²) < 4.78 is 7.02. The number of nitrogens with zero attached hydrogens (tertiary/aromatic N) is 3. The van der Waals surface area contributed by atoms with E-state index in [9.17, 15) is 4.79 Å². The van der Waals surface area contributed by atoms with Gasteiger partial charge in [-0.05, 0) is 26.0 Å². The Morgan fingerprint density at radius 2 is 2.14 bits per heavy atom. The van der Waals surface area contributed by atoms with Crippen LogP contribution in [0.15, 0.2) is 35.1 Å². The number of aryl methyl sites for hydroxylation is 2. The fourth-order valence-electron chi connectivity index (χ4n) is 2.37. The van der Waals surface area contributed by atoms with Gasteiger partial charge in [0.1, 0.15) is 11.3 Å². The maximum Gasteiger partial charge on any atom is 0.256 e. The summed E-state index contributed by atoms with van der Waals surface area (Å²) in [5.74, 6) is 0.383. The second-order valence-corrected chi connectivity index (χ2v) is 4.88. The maximum absolute atomic E-state index is 12.1. The van der Waals surface area contributed by atoms with Crippen LogP contribution in [-0.4, -0.2) is 27.2 Å². The van der Waals surface area contributed by atoms with Crippen LogP contribution in [0.4, 0.5) is 0 Å². The molecular weight excluding hydrogens is 268 g/mol. The number of hydrogen-bond acceptors (Lipinski definition) is 4. The lowest BCUT2D eigenvalue weighted by molar-refractivity contribution is 0.0950. The molecule has 3 rings (SSSR count). The van der Waals surface area contributed by atoms with Crippen molar-refractivity contribution in [1.82, 2.24) is 20.0 Å². The average molecular weight is 284 g/mol. The van der Waals surface area contributed by atoms with E-state index in [-0.39, 0.29) is 5.91 Å². The first-order chi connectivity index (χ1) is 10.2. The molecule has 0 aliphatic carbocycles. The van der Waals surface area contributed by atoms with E-state index in [2.05, 4.69) is 15.5 Å². The van der Waals surface area contributed by atoms with Crippen molar-refractivity contribution in [2.45, 2.75) is 20.4 Å². The minimum Gasteiger partial charge on any atom is -0.361 e. The molecule has 3 aromatic rings. The van der Waals surface area contributed by atoms with Crippen molar-refractivity contribution in [1.29, 1.82) is 0 Å². The fourth-order valence-corrected chi connectivity index (χ4v) is 2.37. The molecule has 0 aliphatic heterocycles. The lowest BCUT2D eigenvalue weighted by Crippen LogP contribution is -2.27. The van der Waals surface area contributed by atoms with Gasteiger partial charge >= 0.3 is 0 Å². The van der Waals surface area contributed by atoms with E-state index in [1.54, 1.807) is 20.2 Å². The van der Waals surface area contributed by atoms with Gasteiger partial charge in [0.2, 0.25) is 0 Å². The number of imidazole rings is 1. The monoisotopic (exact) mass is 284 g/mol. The highest BCUT2D eigenvalue weighted by Crippen LogP contribution is 2.12. The Kier molecular flexibility index (Phi) is 3.43. The van der Waals surface area contributed by atoms with Gasteiger partial charge in [-0.1, -0.05) is 17.3 Å². The molecule has 1 amide bonds. The number of benzene rings is 1. The van der Waals surface area contributed by atoms with E-state index in [1.165, 1.54) is 0 Å². The second kappa shape index (κ2) is 5.40. The van der Waals surface area contributed by atoms with Crippen molar-refractivity contribution in [2.75, 3.05) is 6.54 Å². The Bertz CT molecular complexity index is 768. The minimum absolute atomic E-state index is 0.157. The molecule has 0 atom stereocenters. The number of aromatic nitrogens is 3. The van der Waals surface area contributed by atoms with Crippen LogP contribution in [0.5, 0.6) is 0 Å². The highest BCUT2D eigenvalue weighted by atomic mass is 16.5. The number of nitrogens with one attached hydrogen (secondary N) is 1. The third kappa shape index (κ3) is 2.52. The summed E-state index contributed by atoms with van der Waals surface area (Å²) in [4.78, 5) is 16.4. The van der Waals surface area contributed by atoms with Crippen LogP contribution < -0.4 is 5.32 Å². The molecule has 21 heavy (non-hydrogen) atoms. The molecular formula is C15H16N4O2. The number of carbonyl (C=O) groups excluding carboxylic acids is 1. The second-order valence-electron chi connectivity index (χ2n) is 4.88. The van der Waals surface area contributed by atoms with Crippen molar-refractivity contribution in [2.24, 2.45) is 0 Å². The SMILES string of the molecule is Cc1noc(C)c1C(=O)NCCn1cnc2ccccc21. The summed E-state index contributed by atoms with van der Waals surface area (Å²) in [5.41, 5.74) is 3.14. The van der Waals surface area contributed by atoms with E-state index in [4.69, 9.17) is 4.52 Å². The van der Waals surface area contributed by atoms with Gasteiger partial charge in [0, 0.05) is 13.1 Å². The molecule has 0 spiro atoms. The minimum atomic E-state index is -0.157. The molecule has 0 bridgehead atoms. The lowest BCUT2D eigenvalue weighted by Gasteiger charge is -2.06. The maximum atomic E-state index is 12.1. The summed E-state index contributed by atoms with van der Waals surface area (Å²) in [6.45, 7) is 4.67. The van der Waals surface area contributed by atoms with Gasteiger partial charge in [0.05, 0.1) is 23.1 Å². The smallest absolute Gasteiger partial charge is 0.256 e. The van der Waals surface area contributed by atoms with Crippen LogP contribution in [0.25, 0.3) is 11.0 Å². The molecule has 2 heterocycles. The number of fused-ring (bicyclic) bond motifs is 1. The lowest BCUT2D eigenvalue weighted by atomic mass is 10.2. The third-order valence-electron chi connectivity index (χ3n) is 3.43. The van der Waals surface area contributed by atoms with E-state index in [0.29, 0.717) is 30.1 Å². The molecule has 0 unspecified atom stereocenters. The van der Waals surface area contributed by atoms with E-state index in [1.807, 2.05) is 28.8 Å². The van der Waals surface area contributed by atoms with Crippen molar-refractivity contribution < 1.29 is 9.32 Å². The summed E-state index contributed by atoms with van der Waals surface area (Å²) in [5, 5.41) is 6.67. The first-order valence-electron chi connectivity index (χ1n) is 6.78. The number of hydrogen-bond donors (Lipinski definition) is 1. The molecule has 0 fully saturated rings. The van der Waals surface area contributed by atoms with Crippen LogP contribution in [0.2, 0.25) is 0 Å². The quantitative estimate of drug-likeness (QED) is 0.796. The van der Waals surface area contributed by atoms with Crippen LogP contribution in [0.3, 0.4) is 0 Å². The van der Waals surface area contributed by atoms with Gasteiger partial charge in [-0.3, -0.25) is 4.79 Å². The van der Waals surface area contributed by atoms with Crippen molar-refractivity contribution >= 4 is 16.9 Å².